The van der Waals surface area contributed by atoms with E-state index in [0.29, 0.717) is 16.8 Å². The van der Waals surface area contributed by atoms with Crippen molar-refractivity contribution in [3.8, 4) is 5.75 Å². The van der Waals surface area contributed by atoms with Crippen LogP contribution in [0.5, 0.6) is 5.75 Å². The lowest BCUT2D eigenvalue weighted by Crippen LogP contribution is -2.22. The zero-order valence-corrected chi connectivity index (χ0v) is 13.3. The van der Waals surface area contributed by atoms with Crippen LogP contribution < -0.4 is 5.32 Å². The van der Waals surface area contributed by atoms with Crippen LogP contribution in [0.15, 0.2) is 42.5 Å². The Hall–Kier alpha value is -3.15. The van der Waals surface area contributed by atoms with E-state index in [4.69, 9.17) is 4.74 Å². The summed E-state index contributed by atoms with van der Waals surface area (Å²) in [6.45, 7) is 2.60. The normalized spacial score (nSPS) is 10.1. The molecular formula is C18H17NO5. The highest BCUT2D eigenvalue weighted by molar-refractivity contribution is 6.04. The maximum absolute atomic E-state index is 11.9. The smallest absolute Gasteiger partial charge is 0.338 e. The first-order chi connectivity index (χ1) is 11.4. The third-order valence-electron chi connectivity index (χ3n) is 3.36. The Bertz CT molecular complexity index is 798. The number of ketones is 1. The van der Waals surface area contributed by atoms with E-state index in [1.165, 1.54) is 19.1 Å². The van der Waals surface area contributed by atoms with Crippen LogP contribution in [0, 0.1) is 6.92 Å². The van der Waals surface area contributed by atoms with Crippen molar-refractivity contribution in [2.45, 2.75) is 13.8 Å². The Kier molecular flexibility index (Phi) is 5.31. The van der Waals surface area contributed by atoms with Gasteiger partial charge in [-0.05, 0) is 43.7 Å². The van der Waals surface area contributed by atoms with Gasteiger partial charge in [-0.2, -0.15) is 0 Å². The second-order valence-corrected chi connectivity index (χ2v) is 5.23. The lowest BCUT2D eigenvalue weighted by molar-refractivity contribution is -0.119. The molecule has 0 saturated carbocycles. The lowest BCUT2D eigenvalue weighted by Gasteiger charge is -2.09. The summed E-state index contributed by atoms with van der Waals surface area (Å²) in [7, 11) is 0. The zero-order chi connectivity index (χ0) is 17.7. The number of carbonyl (C=O) groups is 3. The number of phenols is 1. The Morgan fingerprint density at radius 2 is 1.83 bits per heavy atom. The summed E-state index contributed by atoms with van der Waals surface area (Å²) in [4.78, 5) is 35.3. The molecule has 0 bridgehead atoms. The molecule has 0 saturated heterocycles. The average Bonchev–Trinajstić information content (AvgIpc) is 2.55. The minimum atomic E-state index is -0.722. The number of benzene rings is 2. The molecule has 0 aliphatic heterocycles. The summed E-state index contributed by atoms with van der Waals surface area (Å²) in [5.74, 6) is -1.49. The molecule has 0 fully saturated rings. The Labute approximate surface area is 139 Å². The number of aromatic hydroxyl groups is 1. The second-order valence-electron chi connectivity index (χ2n) is 5.23. The lowest BCUT2D eigenvalue weighted by atomic mass is 10.1. The van der Waals surface area contributed by atoms with E-state index in [9.17, 15) is 19.5 Å². The molecule has 0 aliphatic carbocycles. The molecule has 6 heteroatoms. The predicted octanol–water partition coefficient (Wildman–Crippen LogP) is 2.70. The van der Waals surface area contributed by atoms with Gasteiger partial charge in [0.2, 0.25) is 0 Å². The van der Waals surface area contributed by atoms with E-state index in [2.05, 4.69) is 5.32 Å². The number of hydrogen-bond donors (Lipinski definition) is 2. The van der Waals surface area contributed by atoms with Gasteiger partial charge in [-0.25, -0.2) is 4.79 Å². The quantitative estimate of drug-likeness (QED) is 0.650. The van der Waals surface area contributed by atoms with Gasteiger partial charge in [-0.3, -0.25) is 9.59 Å². The topological polar surface area (TPSA) is 92.7 Å². The van der Waals surface area contributed by atoms with Crippen molar-refractivity contribution in [3.05, 3.63) is 59.2 Å². The van der Waals surface area contributed by atoms with Crippen molar-refractivity contribution in [1.82, 2.24) is 0 Å². The molecule has 0 atom stereocenters. The number of anilines is 1. The minimum Gasteiger partial charge on any atom is -0.508 e. The highest BCUT2D eigenvalue weighted by Crippen LogP contribution is 2.18. The van der Waals surface area contributed by atoms with E-state index in [1.807, 2.05) is 0 Å². The van der Waals surface area contributed by atoms with E-state index in [0.717, 1.165) is 0 Å². The number of Topliss-reactive ketones (excluding diaryl/α,β-unsaturated/α-hetero) is 1. The molecule has 0 unspecified atom stereocenters. The van der Waals surface area contributed by atoms with E-state index >= 15 is 0 Å². The molecule has 0 heterocycles. The fourth-order valence-electron chi connectivity index (χ4n) is 2.04. The summed E-state index contributed by atoms with van der Waals surface area (Å²) in [5.41, 5.74) is 1.51. The number of aryl methyl sites for hydroxylation is 1. The largest absolute Gasteiger partial charge is 0.508 e. The minimum absolute atomic E-state index is 0.0238. The number of nitrogens with one attached hydrogen (secondary N) is 1. The first kappa shape index (κ1) is 17.2. The Morgan fingerprint density at radius 3 is 2.50 bits per heavy atom. The fraction of sp³-hybridized carbons (Fsp3) is 0.167. The van der Waals surface area contributed by atoms with Crippen LogP contribution in [0.25, 0.3) is 0 Å². The number of rotatable bonds is 5. The van der Waals surface area contributed by atoms with Gasteiger partial charge in [0.25, 0.3) is 5.91 Å². The first-order valence-electron chi connectivity index (χ1n) is 7.25. The molecule has 0 aromatic heterocycles. The molecule has 2 rings (SSSR count). The SMILES string of the molecule is CC(=O)c1ccccc1NC(=O)COC(=O)c1ccc(C)c(O)c1. The van der Waals surface area contributed by atoms with Gasteiger partial charge in [-0.15, -0.1) is 0 Å². The molecule has 0 radical (unpaired) electrons. The highest BCUT2D eigenvalue weighted by atomic mass is 16.5. The van der Waals surface area contributed by atoms with Crippen LogP contribution in [0.2, 0.25) is 0 Å². The molecular weight excluding hydrogens is 310 g/mol. The Balaban J connectivity index is 1.97. The third kappa shape index (κ3) is 4.19. The maximum atomic E-state index is 11.9. The molecule has 2 aromatic rings. The maximum Gasteiger partial charge on any atom is 0.338 e. The second kappa shape index (κ2) is 7.41. The predicted molar refractivity (Wildman–Crippen MR) is 88.2 cm³/mol. The summed E-state index contributed by atoms with van der Waals surface area (Å²) < 4.78 is 4.91. The van der Waals surface area contributed by atoms with E-state index < -0.39 is 18.5 Å². The van der Waals surface area contributed by atoms with E-state index in [1.54, 1.807) is 37.3 Å². The summed E-state index contributed by atoms with van der Waals surface area (Å²) in [5, 5.41) is 12.1. The molecule has 0 spiro atoms. The number of phenolic OH excluding ortho intramolecular Hbond substituents is 1. The number of ether oxygens (including phenoxy) is 1. The van der Waals surface area contributed by atoms with Crippen molar-refractivity contribution in [2.75, 3.05) is 11.9 Å². The van der Waals surface area contributed by atoms with Crippen LogP contribution in [-0.4, -0.2) is 29.4 Å². The number of esters is 1. The van der Waals surface area contributed by atoms with Gasteiger partial charge in [0.15, 0.2) is 12.4 Å². The average molecular weight is 327 g/mol. The monoisotopic (exact) mass is 327 g/mol. The van der Waals surface area contributed by atoms with Crippen LogP contribution in [-0.2, 0) is 9.53 Å². The zero-order valence-electron chi connectivity index (χ0n) is 13.3. The summed E-state index contributed by atoms with van der Waals surface area (Å²) in [6, 6.07) is 10.9. The number of hydrogen-bond acceptors (Lipinski definition) is 5. The number of amides is 1. The molecule has 6 nitrogen and oxygen atoms in total. The fourth-order valence-corrected chi connectivity index (χ4v) is 2.04. The number of para-hydroxylation sites is 1. The van der Waals surface area contributed by atoms with Crippen molar-refractivity contribution in [2.24, 2.45) is 0 Å². The van der Waals surface area contributed by atoms with Crippen molar-refractivity contribution in [3.63, 3.8) is 0 Å². The first-order valence-corrected chi connectivity index (χ1v) is 7.25. The summed E-state index contributed by atoms with van der Waals surface area (Å²) in [6.07, 6.45) is 0. The van der Waals surface area contributed by atoms with Gasteiger partial charge in [0.05, 0.1) is 11.3 Å². The van der Waals surface area contributed by atoms with Crippen molar-refractivity contribution in [1.29, 1.82) is 0 Å². The van der Waals surface area contributed by atoms with Crippen LogP contribution >= 0.6 is 0 Å². The van der Waals surface area contributed by atoms with Gasteiger partial charge < -0.3 is 15.2 Å². The molecule has 0 aliphatic rings. The molecule has 124 valence electrons. The van der Waals surface area contributed by atoms with Crippen LogP contribution in [0.1, 0.15) is 33.2 Å². The molecule has 2 N–H and O–H groups in total. The van der Waals surface area contributed by atoms with Crippen molar-refractivity contribution < 1.29 is 24.2 Å². The van der Waals surface area contributed by atoms with Gasteiger partial charge in [-0.1, -0.05) is 18.2 Å². The third-order valence-corrected chi connectivity index (χ3v) is 3.36. The van der Waals surface area contributed by atoms with Gasteiger partial charge in [0, 0.05) is 5.56 Å². The van der Waals surface area contributed by atoms with Crippen LogP contribution in [0.3, 0.4) is 0 Å². The summed E-state index contributed by atoms with van der Waals surface area (Å²) >= 11 is 0. The van der Waals surface area contributed by atoms with E-state index in [-0.39, 0.29) is 17.1 Å². The standard InChI is InChI=1S/C18H17NO5/c1-11-7-8-13(9-16(11)21)18(23)24-10-17(22)19-15-6-4-3-5-14(15)12(2)20/h3-9,21H,10H2,1-2H3,(H,19,22). The van der Waals surface area contributed by atoms with Gasteiger partial charge in [0.1, 0.15) is 5.75 Å². The number of carbonyl (C=O) groups excluding carboxylic acids is 3. The van der Waals surface area contributed by atoms with Crippen molar-refractivity contribution >= 4 is 23.3 Å². The Morgan fingerprint density at radius 1 is 1.12 bits per heavy atom. The molecule has 2 aromatic carbocycles. The molecule has 24 heavy (non-hydrogen) atoms. The van der Waals surface area contributed by atoms with Crippen LogP contribution in [0.4, 0.5) is 5.69 Å². The van der Waals surface area contributed by atoms with Gasteiger partial charge >= 0.3 is 5.97 Å². The highest BCUT2D eigenvalue weighted by Gasteiger charge is 2.13. The molecule has 1 amide bonds.